The summed E-state index contributed by atoms with van der Waals surface area (Å²) in [6.45, 7) is 19.6. The van der Waals surface area contributed by atoms with Crippen molar-refractivity contribution in [2.75, 3.05) is 86.8 Å². The maximum absolute atomic E-state index is 13.4. The van der Waals surface area contributed by atoms with Gasteiger partial charge in [-0.05, 0) is 117 Å². The zero-order valence-corrected chi connectivity index (χ0v) is 62.8. The normalized spacial score (nSPS) is 18.1. The van der Waals surface area contributed by atoms with Gasteiger partial charge in [-0.3, -0.25) is 14.7 Å². The number of aromatic amines is 1. The van der Waals surface area contributed by atoms with Gasteiger partial charge in [-0.1, -0.05) is 179 Å². The van der Waals surface area contributed by atoms with E-state index in [4.69, 9.17) is 54.8 Å². The maximum Gasteiger partial charge on any atom is 0.407 e. The fourth-order valence-electron chi connectivity index (χ4n) is 14.5. The van der Waals surface area contributed by atoms with Crippen LogP contribution in [-0.4, -0.2) is 156 Å². The fourth-order valence-corrected chi connectivity index (χ4v) is 14.5. The number of alkyl carbamates (subject to hydrolysis) is 2. The third-order valence-corrected chi connectivity index (χ3v) is 21.9. The number of ketones is 2. The monoisotopic (exact) mass is 1480 g/mol. The molecule has 5 saturated heterocycles. The highest BCUT2D eigenvalue weighted by molar-refractivity contribution is 6.14. The molecule has 5 aliphatic heterocycles. The number of benzene rings is 5. The van der Waals surface area contributed by atoms with E-state index in [1.54, 1.807) is 41.3 Å². The number of carbonyl (C=O) groups excluding carboxylic acids is 4. The molecule has 2 amide bonds. The van der Waals surface area contributed by atoms with Crippen molar-refractivity contribution in [1.82, 2.24) is 70.3 Å². The molecular formula is C84H96N18O8. The average Bonchev–Trinajstić information content (AvgIpc) is 1.62. The zero-order chi connectivity index (χ0) is 76.0. The molecule has 0 saturated carbocycles. The molecule has 11 heterocycles. The van der Waals surface area contributed by atoms with Gasteiger partial charge in [0.25, 0.3) is 0 Å². The zero-order valence-electron chi connectivity index (χ0n) is 62.8. The molecule has 5 aliphatic rings. The molecular weight excluding hydrogens is 1390 g/mol. The van der Waals surface area contributed by atoms with Gasteiger partial charge < -0.3 is 50.0 Å². The molecule has 0 bridgehead atoms. The summed E-state index contributed by atoms with van der Waals surface area (Å²) in [5, 5.41) is 22.6. The summed E-state index contributed by atoms with van der Waals surface area (Å²) >= 11 is 0. The number of fused-ring (bicyclic) bond motifs is 3. The summed E-state index contributed by atoms with van der Waals surface area (Å²) in [5.41, 5.74) is 15.8. The Labute approximate surface area is 639 Å². The van der Waals surface area contributed by atoms with Gasteiger partial charge in [0, 0.05) is 82.3 Å². The lowest BCUT2D eigenvalue weighted by atomic mass is 9.80. The summed E-state index contributed by atoms with van der Waals surface area (Å²) in [4.78, 5) is 86.2. The van der Waals surface area contributed by atoms with Crippen molar-refractivity contribution in [2.45, 2.75) is 123 Å². The largest absolute Gasteiger partial charge is 0.445 e. The van der Waals surface area contributed by atoms with Crippen molar-refractivity contribution in [3.05, 3.63) is 222 Å². The highest BCUT2D eigenvalue weighted by Gasteiger charge is 2.36. The van der Waals surface area contributed by atoms with Crippen molar-refractivity contribution in [1.29, 1.82) is 0 Å². The van der Waals surface area contributed by atoms with E-state index in [-0.39, 0.29) is 59.6 Å². The smallest absolute Gasteiger partial charge is 0.407 e. The topological polar surface area (TPSA) is 307 Å². The molecule has 6 aromatic heterocycles. The first-order valence-electron chi connectivity index (χ1n) is 38.3. The number of aromatic nitrogens is 12. The van der Waals surface area contributed by atoms with Crippen LogP contribution in [0.4, 0.5) is 27.0 Å². The molecule has 26 heteroatoms. The summed E-state index contributed by atoms with van der Waals surface area (Å²) < 4.78 is 26.6. The molecule has 5 N–H and O–H groups in total. The number of ether oxygens (including phenoxy) is 4. The number of nitrogens with one attached hydrogen (secondary N) is 3. The number of rotatable bonds is 20. The molecule has 0 aliphatic carbocycles. The Morgan fingerprint density at radius 2 is 0.891 bits per heavy atom. The van der Waals surface area contributed by atoms with Crippen LogP contribution in [0, 0.1) is 16.2 Å². The van der Waals surface area contributed by atoms with Crippen molar-refractivity contribution in [3.8, 4) is 0 Å². The standard InChI is InChI=1S/C33H38N6O3.C32H36N6O4.C19H22N6O/c1-24(26-13-7-4-8-14-26)29-30-31(39(37-29)28-15-9-10-20-41-28)36-27(21-34-30)38-18-16-33(2,17-19-38)23-35-32(40)42-22-25-11-5-3-6-12-25;1-32(22-34-31(40)42-21-23-10-4-2-5-11-23)15-17-37(18-16-32)25-20-33-28-27(29(39)24-12-6-3-7-13-24)36-38(30(28)35-25)26-14-8-9-19-41-26;1-19(12-20)7-9-25(10-8-19)14-11-21-16-15(23-24-18(16)22-14)17(26)13-5-3-2-4-6-13/h3-8,11-14,21,28H,1,9-10,15-20,22-23H2,2H3,(H,35,40);2-7,10-13,20,26H,8-9,14-19,21-22H2,1H3,(H,34,40);2-6,11H,7-10,12,20H2,1H3,(H,22,23,24). The van der Waals surface area contributed by atoms with Crippen LogP contribution in [0.2, 0.25) is 0 Å². The molecule has 16 rings (SSSR count). The number of nitrogens with zero attached hydrogens (tertiary/aromatic N) is 14. The van der Waals surface area contributed by atoms with E-state index in [9.17, 15) is 19.2 Å². The van der Waals surface area contributed by atoms with Crippen molar-refractivity contribution >= 4 is 80.3 Å². The second-order valence-electron chi connectivity index (χ2n) is 30.2. The van der Waals surface area contributed by atoms with Gasteiger partial charge in [-0.15, -0.1) is 0 Å². The molecule has 11 aromatic rings. The number of anilines is 3. The summed E-state index contributed by atoms with van der Waals surface area (Å²) in [6.07, 6.45) is 15.6. The second kappa shape index (κ2) is 34.5. The van der Waals surface area contributed by atoms with E-state index in [0.29, 0.717) is 77.7 Å². The van der Waals surface area contributed by atoms with Crippen LogP contribution in [0.5, 0.6) is 0 Å². The SMILES string of the molecule is C=C(c1ccccc1)c1nn(C2CCCCO2)c2nc(N3CCC(C)(CNC(=O)OCc4ccccc4)CC3)cnc12.CC1(CN)CCN(c2cnc3c(C(=O)c4ccccc4)[nH]nc3n2)CC1.CC1(CNC(=O)OCc2ccccc2)CCN(c2cnc3c(C(=O)c4ccccc4)nn(C4CCCCO4)c3n2)CC1. The van der Waals surface area contributed by atoms with Gasteiger partial charge in [0.2, 0.25) is 17.2 Å². The number of hydrogen-bond acceptors (Lipinski definition) is 21. The van der Waals surface area contributed by atoms with Crippen molar-refractivity contribution in [2.24, 2.45) is 22.0 Å². The van der Waals surface area contributed by atoms with Crippen molar-refractivity contribution in [3.63, 3.8) is 0 Å². The predicted octanol–water partition coefficient (Wildman–Crippen LogP) is 13.6. The fraction of sp³-hybridized carbons (Fsp3) is 0.393. The number of piperidine rings is 3. The van der Waals surface area contributed by atoms with Crippen LogP contribution >= 0.6 is 0 Å². The van der Waals surface area contributed by atoms with Gasteiger partial charge in [0.05, 0.1) is 18.6 Å². The van der Waals surface area contributed by atoms with Crippen LogP contribution in [0.15, 0.2) is 177 Å². The molecule has 0 spiro atoms. The molecule has 26 nitrogen and oxygen atoms in total. The van der Waals surface area contributed by atoms with E-state index in [2.05, 4.69) is 72.8 Å². The predicted molar refractivity (Wildman–Crippen MR) is 421 cm³/mol. The number of H-pyrrole nitrogens is 1. The van der Waals surface area contributed by atoms with Crippen LogP contribution in [-0.2, 0) is 32.2 Å². The summed E-state index contributed by atoms with van der Waals surface area (Å²) in [5.74, 6) is 2.05. The first-order valence-corrected chi connectivity index (χ1v) is 38.3. The van der Waals surface area contributed by atoms with Crippen LogP contribution in [0.3, 0.4) is 0 Å². The Bertz CT molecular complexity index is 4720. The number of nitrogens with two attached hydrogens (primary N) is 1. The minimum atomic E-state index is -0.405. The number of carbonyl (C=O) groups is 4. The lowest BCUT2D eigenvalue weighted by Gasteiger charge is -2.39. The van der Waals surface area contributed by atoms with Gasteiger partial charge in [0.15, 0.2) is 29.4 Å². The third-order valence-electron chi connectivity index (χ3n) is 21.9. The first-order chi connectivity index (χ1) is 53.6. The molecule has 5 fully saturated rings. The molecule has 0 radical (unpaired) electrons. The third kappa shape index (κ3) is 18.0. The van der Waals surface area contributed by atoms with E-state index in [0.717, 1.165) is 173 Å². The van der Waals surface area contributed by atoms with Crippen LogP contribution in [0.25, 0.3) is 39.1 Å². The molecule has 2 unspecified atom stereocenters. The Kier molecular flexibility index (Phi) is 23.7. The summed E-state index contributed by atoms with van der Waals surface area (Å²) in [6, 6.07) is 47.7. The van der Waals surface area contributed by atoms with Crippen LogP contribution in [0.1, 0.15) is 165 Å². The van der Waals surface area contributed by atoms with E-state index >= 15 is 0 Å². The molecule has 110 heavy (non-hydrogen) atoms. The van der Waals surface area contributed by atoms with E-state index in [1.165, 1.54) is 0 Å². The molecule has 5 aromatic carbocycles. The second-order valence-corrected chi connectivity index (χ2v) is 30.2. The van der Waals surface area contributed by atoms with Gasteiger partial charge in [0.1, 0.15) is 58.6 Å². The van der Waals surface area contributed by atoms with Gasteiger partial charge in [-0.25, -0.2) is 48.9 Å². The quantitative estimate of drug-likeness (QED) is 0.0515. The Balaban J connectivity index is 0.000000142. The van der Waals surface area contributed by atoms with Gasteiger partial charge in [-0.2, -0.15) is 15.3 Å². The highest BCUT2D eigenvalue weighted by Crippen LogP contribution is 2.38. The molecule has 570 valence electrons. The van der Waals surface area contributed by atoms with Crippen molar-refractivity contribution < 1.29 is 38.1 Å². The van der Waals surface area contributed by atoms with Crippen LogP contribution < -0.4 is 31.1 Å². The first kappa shape index (κ1) is 75.5. The number of amides is 2. The Morgan fingerprint density at radius 3 is 1.33 bits per heavy atom. The lowest BCUT2D eigenvalue weighted by Crippen LogP contribution is -2.45. The average molecular weight is 1490 g/mol. The molecule has 2 atom stereocenters. The highest BCUT2D eigenvalue weighted by atomic mass is 16.6. The van der Waals surface area contributed by atoms with E-state index in [1.807, 2.05) is 138 Å². The van der Waals surface area contributed by atoms with Gasteiger partial charge >= 0.3 is 12.2 Å². The summed E-state index contributed by atoms with van der Waals surface area (Å²) in [7, 11) is 0. The minimum Gasteiger partial charge on any atom is -0.445 e. The van der Waals surface area contributed by atoms with E-state index < -0.39 is 6.09 Å². The Hall–Kier alpha value is -11.4. The lowest BCUT2D eigenvalue weighted by molar-refractivity contribution is -0.0372. The Morgan fingerprint density at radius 1 is 0.500 bits per heavy atom. The maximum atomic E-state index is 13.4. The minimum absolute atomic E-state index is 0.0297. The number of hydrogen-bond donors (Lipinski definition) is 4.